The zero-order chi connectivity index (χ0) is 11.0. The molecule has 1 unspecified atom stereocenters. The van der Waals surface area contributed by atoms with Crippen molar-refractivity contribution in [1.29, 1.82) is 0 Å². The van der Waals surface area contributed by atoms with E-state index in [1.807, 2.05) is 0 Å². The molecule has 3 rings (SSSR count). The fourth-order valence-corrected chi connectivity index (χ4v) is 2.11. The van der Waals surface area contributed by atoms with Crippen LogP contribution in [-0.2, 0) is 0 Å². The van der Waals surface area contributed by atoms with Crippen molar-refractivity contribution < 1.29 is 0 Å². The lowest BCUT2D eigenvalue weighted by atomic mass is 9.99. The predicted molar refractivity (Wildman–Crippen MR) is 67.4 cm³/mol. The molecule has 80 valence electrons. The summed E-state index contributed by atoms with van der Waals surface area (Å²) >= 11 is 0. The van der Waals surface area contributed by atoms with Crippen LogP contribution in [0.1, 0.15) is 17.2 Å². The van der Waals surface area contributed by atoms with Gasteiger partial charge in [-0.05, 0) is 29.7 Å². The van der Waals surface area contributed by atoms with Crippen LogP contribution < -0.4 is 5.32 Å². The summed E-state index contributed by atoms with van der Waals surface area (Å²) in [4.78, 5) is 0. The van der Waals surface area contributed by atoms with E-state index in [-0.39, 0.29) is 0 Å². The van der Waals surface area contributed by atoms with Crippen molar-refractivity contribution in [1.82, 2.24) is 5.32 Å². The number of nitrogens with one attached hydrogen (secondary N) is 1. The lowest BCUT2D eigenvalue weighted by molar-refractivity contribution is 1.07. The minimum Gasteiger partial charge on any atom is -0.307 e. The first kappa shape index (κ1) is 9.61. The SMILES string of the molecule is Cc1cc(-c2ccccc2)cc(C2CN2)c1. The third kappa shape index (κ3) is 1.86. The monoisotopic (exact) mass is 209 g/mol. The molecule has 0 amide bonds. The minimum atomic E-state index is 0.586. The van der Waals surface area contributed by atoms with Crippen molar-refractivity contribution in [3.8, 4) is 11.1 Å². The molecule has 1 heteroatoms. The van der Waals surface area contributed by atoms with Crippen molar-refractivity contribution in [3.05, 3.63) is 59.7 Å². The van der Waals surface area contributed by atoms with E-state index >= 15 is 0 Å². The van der Waals surface area contributed by atoms with Crippen LogP contribution in [0.25, 0.3) is 11.1 Å². The van der Waals surface area contributed by atoms with E-state index in [9.17, 15) is 0 Å². The summed E-state index contributed by atoms with van der Waals surface area (Å²) < 4.78 is 0. The molecule has 0 bridgehead atoms. The van der Waals surface area contributed by atoms with Gasteiger partial charge in [-0.3, -0.25) is 0 Å². The maximum atomic E-state index is 3.36. The molecule has 0 aromatic heterocycles. The minimum absolute atomic E-state index is 0.586. The van der Waals surface area contributed by atoms with Gasteiger partial charge in [-0.1, -0.05) is 48.0 Å². The summed E-state index contributed by atoms with van der Waals surface area (Å²) in [7, 11) is 0. The average molecular weight is 209 g/mol. The topological polar surface area (TPSA) is 21.9 Å². The largest absolute Gasteiger partial charge is 0.307 e. The number of rotatable bonds is 2. The van der Waals surface area contributed by atoms with Crippen LogP contribution in [0.4, 0.5) is 0 Å². The van der Waals surface area contributed by atoms with Crippen molar-refractivity contribution in [2.24, 2.45) is 0 Å². The van der Waals surface area contributed by atoms with E-state index in [0.717, 1.165) is 6.54 Å². The molecule has 2 aromatic rings. The van der Waals surface area contributed by atoms with E-state index in [0.29, 0.717) is 6.04 Å². The third-order valence-electron chi connectivity index (χ3n) is 3.02. The Morgan fingerprint density at radius 1 is 1.00 bits per heavy atom. The Hall–Kier alpha value is -1.60. The second-order valence-corrected chi connectivity index (χ2v) is 4.46. The van der Waals surface area contributed by atoms with Gasteiger partial charge in [0.05, 0.1) is 0 Å². The predicted octanol–water partition coefficient (Wildman–Crippen LogP) is 3.31. The first-order chi connectivity index (χ1) is 7.83. The van der Waals surface area contributed by atoms with Crippen LogP contribution in [0, 0.1) is 6.92 Å². The molecule has 1 aliphatic heterocycles. The molecule has 0 spiro atoms. The molecular weight excluding hydrogens is 194 g/mol. The van der Waals surface area contributed by atoms with Gasteiger partial charge in [0.1, 0.15) is 0 Å². The van der Waals surface area contributed by atoms with Crippen LogP contribution in [0.5, 0.6) is 0 Å². The van der Waals surface area contributed by atoms with Crippen LogP contribution in [0.3, 0.4) is 0 Å². The standard InChI is InChI=1S/C15H15N/c1-11-7-13(12-5-3-2-4-6-12)9-14(8-11)15-10-16-15/h2-9,15-16H,10H2,1H3. The summed E-state index contributed by atoms with van der Waals surface area (Å²) in [5.41, 5.74) is 5.38. The Balaban J connectivity index is 2.06. The van der Waals surface area contributed by atoms with E-state index in [1.165, 1.54) is 22.3 Å². The molecule has 16 heavy (non-hydrogen) atoms. The van der Waals surface area contributed by atoms with Crippen LogP contribution in [-0.4, -0.2) is 6.54 Å². The van der Waals surface area contributed by atoms with Crippen molar-refractivity contribution >= 4 is 0 Å². The highest BCUT2D eigenvalue weighted by Crippen LogP contribution is 2.28. The van der Waals surface area contributed by atoms with E-state index in [2.05, 4.69) is 60.8 Å². The van der Waals surface area contributed by atoms with Gasteiger partial charge in [0, 0.05) is 12.6 Å². The molecule has 0 aliphatic carbocycles. The van der Waals surface area contributed by atoms with Gasteiger partial charge in [0.25, 0.3) is 0 Å². The van der Waals surface area contributed by atoms with Gasteiger partial charge < -0.3 is 5.32 Å². The second-order valence-electron chi connectivity index (χ2n) is 4.46. The Bertz CT molecular complexity index is 498. The van der Waals surface area contributed by atoms with Crippen molar-refractivity contribution in [2.75, 3.05) is 6.54 Å². The smallest absolute Gasteiger partial charge is 0.0447 e. The van der Waals surface area contributed by atoms with Crippen LogP contribution >= 0.6 is 0 Å². The second kappa shape index (κ2) is 3.76. The van der Waals surface area contributed by atoms with Gasteiger partial charge in [0.15, 0.2) is 0 Å². The molecule has 1 heterocycles. The molecule has 1 fully saturated rings. The third-order valence-corrected chi connectivity index (χ3v) is 3.02. The summed E-state index contributed by atoms with van der Waals surface area (Å²) in [5.74, 6) is 0. The number of hydrogen-bond acceptors (Lipinski definition) is 1. The molecule has 0 radical (unpaired) electrons. The quantitative estimate of drug-likeness (QED) is 0.753. The molecule has 0 saturated carbocycles. The first-order valence-corrected chi connectivity index (χ1v) is 5.73. The molecule has 1 saturated heterocycles. The van der Waals surface area contributed by atoms with E-state index in [1.54, 1.807) is 0 Å². The van der Waals surface area contributed by atoms with Crippen molar-refractivity contribution in [3.63, 3.8) is 0 Å². The zero-order valence-electron chi connectivity index (χ0n) is 9.40. The van der Waals surface area contributed by atoms with Crippen LogP contribution in [0.15, 0.2) is 48.5 Å². The average Bonchev–Trinajstić information content (AvgIpc) is 3.13. The Morgan fingerprint density at radius 3 is 2.44 bits per heavy atom. The number of benzene rings is 2. The lowest BCUT2D eigenvalue weighted by Crippen LogP contribution is -1.88. The first-order valence-electron chi connectivity index (χ1n) is 5.73. The molecule has 1 nitrogen and oxygen atoms in total. The maximum absolute atomic E-state index is 3.36. The zero-order valence-corrected chi connectivity index (χ0v) is 9.40. The van der Waals surface area contributed by atoms with Gasteiger partial charge in [0.2, 0.25) is 0 Å². The van der Waals surface area contributed by atoms with Crippen LogP contribution in [0.2, 0.25) is 0 Å². The van der Waals surface area contributed by atoms with Gasteiger partial charge in [-0.25, -0.2) is 0 Å². The molecule has 1 N–H and O–H groups in total. The summed E-state index contributed by atoms with van der Waals surface area (Å²) in [6, 6.07) is 18.0. The number of hydrogen-bond donors (Lipinski definition) is 1. The highest BCUT2D eigenvalue weighted by Gasteiger charge is 2.22. The number of aryl methyl sites for hydroxylation is 1. The normalized spacial score (nSPS) is 18.4. The Morgan fingerprint density at radius 2 is 1.75 bits per heavy atom. The summed E-state index contributed by atoms with van der Waals surface area (Å²) in [5, 5.41) is 3.36. The van der Waals surface area contributed by atoms with E-state index < -0.39 is 0 Å². The highest BCUT2D eigenvalue weighted by atomic mass is 15.1. The van der Waals surface area contributed by atoms with Gasteiger partial charge >= 0.3 is 0 Å². The highest BCUT2D eigenvalue weighted by molar-refractivity contribution is 5.65. The lowest BCUT2D eigenvalue weighted by Gasteiger charge is -2.06. The summed E-state index contributed by atoms with van der Waals surface area (Å²) in [6.07, 6.45) is 0. The fraction of sp³-hybridized carbons (Fsp3) is 0.200. The molecular formula is C15H15N. The Kier molecular flexibility index (Phi) is 2.26. The summed E-state index contributed by atoms with van der Waals surface area (Å²) in [6.45, 7) is 3.29. The fourth-order valence-electron chi connectivity index (χ4n) is 2.11. The maximum Gasteiger partial charge on any atom is 0.0447 e. The van der Waals surface area contributed by atoms with Crippen molar-refractivity contribution in [2.45, 2.75) is 13.0 Å². The van der Waals surface area contributed by atoms with E-state index in [4.69, 9.17) is 0 Å². The van der Waals surface area contributed by atoms with Gasteiger partial charge in [-0.15, -0.1) is 0 Å². The van der Waals surface area contributed by atoms with Gasteiger partial charge in [-0.2, -0.15) is 0 Å². The molecule has 2 aromatic carbocycles. The molecule has 1 atom stereocenters. The Labute approximate surface area is 96.1 Å². The molecule has 1 aliphatic rings.